The zero-order valence-electron chi connectivity index (χ0n) is 11.0. The summed E-state index contributed by atoms with van der Waals surface area (Å²) < 4.78 is 0. The monoisotopic (exact) mass is 266 g/mol. The van der Waals surface area contributed by atoms with Crippen LogP contribution in [0.3, 0.4) is 0 Å². The number of nitrogens with one attached hydrogen (secondary N) is 2. The predicted molar refractivity (Wildman–Crippen MR) is 79.5 cm³/mol. The summed E-state index contributed by atoms with van der Waals surface area (Å²) in [5.41, 5.74) is 3.82. The standard InChI is InChI=1S/C16H14N2O2/c1-10-6-7-11(8-15(10)19)17-9-13-12-4-2-3-5-14(12)18-16(13)20/h2-9,17,19H,1H3,(H,18,20). The van der Waals surface area contributed by atoms with E-state index in [-0.39, 0.29) is 11.7 Å². The van der Waals surface area contributed by atoms with Crippen molar-refractivity contribution >= 4 is 22.9 Å². The van der Waals surface area contributed by atoms with E-state index in [1.165, 1.54) is 0 Å². The fraction of sp³-hybridized carbons (Fsp3) is 0.0625. The van der Waals surface area contributed by atoms with Gasteiger partial charge in [-0.3, -0.25) is 4.79 Å². The van der Waals surface area contributed by atoms with E-state index >= 15 is 0 Å². The van der Waals surface area contributed by atoms with E-state index in [0.717, 1.165) is 22.5 Å². The van der Waals surface area contributed by atoms with Gasteiger partial charge in [-0.15, -0.1) is 0 Å². The van der Waals surface area contributed by atoms with Gasteiger partial charge < -0.3 is 15.7 Å². The molecule has 0 saturated carbocycles. The molecule has 1 amide bonds. The van der Waals surface area contributed by atoms with Crippen molar-refractivity contribution in [2.45, 2.75) is 6.92 Å². The van der Waals surface area contributed by atoms with Crippen LogP contribution in [-0.4, -0.2) is 11.0 Å². The lowest BCUT2D eigenvalue weighted by atomic mass is 10.1. The summed E-state index contributed by atoms with van der Waals surface area (Å²) in [6, 6.07) is 12.8. The minimum Gasteiger partial charge on any atom is -0.508 e. The maximum atomic E-state index is 11.9. The van der Waals surface area contributed by atoms with Gasteiger partial charge in [0.15, 0.2) is 0 Å². The van der Waals surface area contributed by atoms with Gasteiger partial charge in [0.1, 0.15) is 5.75 Å². The molecule has 0 aromatic heterocycles. The predicted octanol–water partition coefficient (Wildman–Crippen LogP) is 3.11. The van der Waals surface area contributed by atoms with Crippen LogP contribution in [0, 0.1) is 6.92 Å². The van der Waals surface area contributed by atoms with Crippen LogP contribution in [0.4, 0.5) is 11.4 Å². The average Bonchev–Trinajstić information content (AvgIpc) is 2.76. The molecule has 0 atom stereocenters. The first-order valence-electron chi connectivity index (χ1n) is 6.32. The van der Waals surface area contributed by atoms with Crippen molar-refractivity contribution in [2.24, 2.45) is 0 Å². The van der Waals surface area contributed by atoms with Gasteiger partial charge in [-0.05, 0) is 24.6 Å². The van der Waals surface area contributed by atoms with Crippen molar-refractivity contribution in [1.29, 1.82) is 0 Å². The Bertz CT molecular complexity index is 720. The molecule has 1 aliphatic rings. The summed E-state index contributed by atoms with van der Waals surface area (Å²) in [7, 11) is 0. The van der Waals surface area contributed by atoms with Crippen LogP contribution in [-0.2, 0) is 4.79 Å². The fourth-order valence-corrected chi connectivity index (χ4v) is 2.14. The number of carbonyl (C=O) groups excluding carboxylic acids is 1. The molecule has 3 N–H and O–H groups in total. The van der Waals surface area contributed by atoms with Gasteiger partial charge >= 0.3 is 0 Å². The fourth-order valence-electron chi connectivity index (χ4n) is 2.14. The highest BCUT2D eigenvalue weighted by Crippen LogP contribution is 2.31. The van der Waals surface area contributed by atoms with Gasteiger partial charge in [0, 0.05) is 29.2 Å². The number of benzene rings is 2. The van der Waals surface area contributed by atoms with Crippen molar-refractivity contribution in [1.82, 2.24) is 0 Å². The summed E-state index contributed by atoms with van der Waals surface area (Å²) >= 11 is 0. The number of fused-ring (bicyclic) bond motifs is 1. The minimum absolute atomic E-state index is 0.130. The first kappa shape index (κ1) is 12.3. The number of anilines is 2. The molecule has 1 heterocycles. The Labute approximate surface area is 116 Å². The number of para-hydroxylation sites is 1. The maximum Gasteiger partial charge on any atom is 0.257 e. The summed E-state index contributed by atoms with van der Waals surface area (Å²) in [5.74, 6) is 0.0970. The van der Waals surface area contributed by atoms with Crippen LogP contribution >= 0.6 is 0 Å². The number of phenols is 1. The van der Waals surface area contributed by atoms with Crippen molar-refractivity contribution < 1.29 is 9.90 Å². The third kappa shape index (κ3) is 2.12. The van der Waals surface area contributed by atoms with Crippen LogP contribution < -0.4 is 10.6 Å². The van der Waals surface area contributed by atoms with Gasteiger partial charge in [-0.25, -0.2) is 0 Å². The Morgan fingerprint density at radius 2 is 2.00 bits per heavy atom. The number of hydrogen-bond acceptors (Lipinski definition) is 3. The highest BCUT2D eigenvalue weighted by Gasteiger charge is 2.23. The molecule has 0 spiro atoms. The van der Waals surface area contributed by atoms with Crippen LogP contribution in [0.2, 0.25) is 0 Å². The molecule has 0 fully saturated rings. The lowest BCUT2D eigenvalue weighted by Crippen LogP contribution is -2.05. The Kier molecular flexibility index (Phi) is 2.91. The smallest absolute Gasteiger partial charge is 0.257 e. The number of phenolic OH excluding ortho intramolecular Hbond substituents is 1. The molecule has 0 saturated heterocycles. The summed E-state index contributed by atoms with van der Waals surface area (Å²) in [6.45, 7) is 1.83. The third-order valence-corrected chi connectivity index (χ3v) is 3.30. The molecule has 0 aliphatic carbocycles. The van der Waals surface area contributed by atoms with E-state index in [2.05, 4.69) is 10.6 Å². The van der Waals surface area contributed by atoms with Crippen molar-refractivity contribution in [3.8, 4) is 5.75 Å². The molecular formula is C16H14N2O2. The Morgan fingerprint density at radius 3 is 2.80 bits per heavy atom. The minimum atomic E-state index is -0.130. The number of rotatable bonds is 2. The number of carbonyl (C=O) groups is 1. The summed E-state index contributed by atoms with van der Waals surface area (Å²) in [6.07, 6.45) is 1.66. The highest BCUT2D eigenvalue weighted by molar-refractivity contribution is 6.31. The highest BCUT2D eigenvalue weighted by atomic mass is 16.3. The van der Waals surface area contributed by atoms with Crippen LogP contribution in [0.25, 0.3) is 5.57 Å². The zero-order chi connectivity index (χ0) is 14.1. The molecular weight excluding hydrogens is 252 g/mol. The maximum absolute atomic E-state index is 11.9. The largest absolute Gasteiger partial charge is 0.508 e. The van der Waals surface area contributed by atoms with Gasteiger partial charge in [0.25, 0.3) is 5.91 Å². The van der Waals surface area contributed by atoms with E-state index in [9.17, 15) is 9.90 Å². The van der Waals surface area contributed by atoms with Crippen molar-refractivity contribution in [3.63, 3.8) is 0 Å². The lowest BCUT2D eigenvalue weighted by molar-refractivity contribution is -0.110. The molecule has 0 radical (unpaired) electrons. The first-order valence-corrected chi connectivity index (χ1v) is 6.32. The van der Waals surface area contributed by atoms with E-state index in [4.69, 9.17) is 0 Å². The summed E-state index contributed by atoms with van der Waals surface area (Å²) in [4.78, 5) is 11.9. The molecule has 0 unspecified atom stereocenters. The average molecular weight is 266 g/mol. The number of aryl methyl sites for hydroxylation is 1. The molecule has 100 valence electrons. The number of hydrogen-bond donors (Lipinski definition) is 3. The van der Waals surface area contributed by atoms with E-state index in [1.54, 1.807) is 12.3 Å². The second kappa shape index (κ2) is 4.74. The molecule has 1 aliphatic heterocycles. The third-order valence-electron chi connectivity index (χ3n) is 3.30. The summed E-state index contributed by atoms with van der Waals surface area (Å²) in [5, 5.41) is 15.5. The Balaban J connectivity index is 1.89. The Morgan fingerprint density at radius 1 is 1.20 bits per heavy atom. The molecule has 4 heteroatoms. The molecule has 2 aromatic carbocycles. The molecule has 20 heavy (non-hydrogen) atoms. The second-order valence-corrected chi connectivity index (χ2v) is 4.70. The molecule has 2 aromatic rings. The van der Waals surface area contributed by atoms with Crippen LogP contribution in [0.5, 0.6) is 5.75 Å². The van der Waals surface area contributed by atoms with Gasteiger partial charge in [0.2, 0.25) is 0 Å². The number of amides is 1. The first-order chi connectivity index (χ1) is 9.65. The molecule has 4 nitrogen and oxygen atoms in total. The Hall–Kier alpha value is -2.75. The van der Waals surface area contributed by atoms with E-state index in [1.807, 2.05) is 43.3 Å². The lowest BCUT2D eigenvalue weighted by Gasteiger charge is -2.05. The molecule has 0 bridgehead atoms. The SMILES string of the molecule is Cc1ccc(NC=C2C(=O)Nc3ccccc32)cc1O. The van der Waals surface area contributed by atoms with Crippen LogP contribution in [0.15, 0.2) is 48.7 Å². The van der Waals surface area contributed by atoms with Gasteiger partial charge in [-0.1, -0.05) is 24.3 Å². The normalized spacial score (nSPS) is 15.1. The quantitative estimate of drug-likeness (QED) is 0.732. The van der Waals surface area contributed by atoms with Gasteiger partial charge in [-0.2, -0.15) is 0 Å². The molecule has 3 rings (SSSR count). The van der Waals surface area contributed by atoms with Gasteiger partial charge in [0.05, 0.1) is 5.57 Å². The second-order valence-electron chi connectivity index (χ2n) is 4.70. The zero-order valence-corrected chi connectivity index (χ0v) is 11.0. The van der Waals surface area contributed by atoms with E-state index < -0.39 is 0 Å². The van der Waals surface area contributed by atoms with Crippen molar-refractivity contribution in [3.05, 3.63) is 59.8 Å². The van der Waals surface area contributed by atoms with Crippen LogP contribution in [0.1, 0.15) is 11.1 Å². The topological polar surface area (TPSA) is 61.4 Å². The van der Waals surface area contributed by atoms with Crippen molar-refractivity contribution in [2.75, 3.05) is 10.6 Å². The number of aromatic hydroxyl groups is 1. The van der Waals surface area contributed by atoms with E-state index in [0.29, 0.717) is 5.57 Å².